The number of hydrogen-bond donors (Lipinski definition) is 1. The first-order valence-corrected chi connectivity index (χ1v) is 4.63. The van der Waals surface area contributed by atoms with Crippen molar-refractivity contribution in [1.82, 2.24) is 5.32 Å². The summed E-state index contributed by atoms with van der Waals surface area (Å²) >= 11 is 0. The summed E-state index contributed by atoms with van der Waals surface area (Å²) in [6.07, 6.45) is 2.15. The van der Waals surface area contributed by atoms with E-state index in [0.29, 0.717) is 6.04 Å². The van der Waals surface area contributed by atoms with E-state index in [2.05, 4.69) is 25.7 Å². The zero-order valence-electron chi connectivity index (χ0n) is 8.52. The van der Waals surface area contributed by atoms with E-state index in [1.807, 2.05) is 0 Å². The van der Waals surface area contributed by atoms with Crippen LogP contribution >= 0.6 is 0 Å². The van der Waals surface area contributed by atoms with Crippen LogP contribution in [0.5, 0.6) is 0 Å². The van der Waals surface area contributed by atoms with Gasteiger partial charge in [-0.05, 0) is 12.8 Å². The van der Waals surface area contributed by atoms with Crippen molar-refractivity contribution in [2.24, 2.45) is 0 Å². The Bertz CT molecular complexity index is 123. The quantitative estimate of drug-likeness (QED) is 0.591. The minimum Gasteiger partial charge on any atom is -0.383 e. The van der Waals surface area contributed by atoms with E-state index in [-0.39, 0.29) is 0 Å². The molecular weight excluding hydrogens is 150 g/mol. The highest BCUT2D eigenvalue weighted by atomic mass is 16.5. The van der Waals surface area contributed by atoms with E-state index >= 15 is 0 Å². The van der Waals surface area contributed by atoms with Crippen LogP contribution in [0.25, 0.3) is 0 Å². The Labute approximate surface area is 76.0 Å². The third-order valence-corrected chi connectivity index (χ3v) is 2.00. The van der Waals surface area contributed by atoms with Gasteiger partial charge in [-0.3, -0.25) is 0 Å². The molecule has 72 valence electrons. The molecule has 1 atom stereocenters. The van der Waals surface area contributed by atoms with Crippen molar-refractivity contribution >= 4 is 0 Å². The molecule has 0 aliphatic rings. The van der Waals surface area contributed by atoms with Gasteiger partial charge < -0.3 is 10.1 Å². The molecule has 0 radical (unpaired) electrons. The fraction of sp³-hybridized carbons (Fsp3) is 0.800. The summed E-state index contributed by atoms with van der Waals surface area (Å²) < 4.78 is 5.07. The van der Waals surface area contributed by atoms with E-state index in [0.717, 1.165) is 26.0 Å². The van der Waals surface area contributed by atoms with Crippen LogP contribution in [0.1, 0.15) is 26.7 Å². The molecule has 0 aromatic heterocycles. The highest BCUT2D eigenvalue weighted by Crippen LogP contribution is 1.96. The summed E-state index contributed by atoms with van der Waals surface area (Å²) in [5, 5.41) is 3.40. The Morgan fingerprint density at radius 1 is 1.50 bits per heavy atom. The molecule has 0 aromatic rings. The minimum absolute atomic E-state index is 0.471. The Morgan fingerprint density at radius 3 is 2.58 bits per heavy atom. The third kappa shape index (κ3) is 5.33. The first-order valence-electron chi connectivity index (χ1n) is 4.63. The predicted octanol–water partition coefficient (Wildman–Crippen LogP) is 1.97. The molecule has 0 aliphatic carbocycles. The van der Waals surface area contributed by atoms with Gasteiger partial charge in [0.2, 0.25) is 0 Å². The molecule has 0 aliphatic heterocycles. The van der Waals surface area contributed by atoms with Crippen LogP contribution < -0.4 is 5.32 Å². The van der Waals surface area contributed by atoms with Crippen LogP contribution in [0.4, 0.5) is 0 Å². The van der Waals surface area contributed by atoms with Gasteiger partial charge in [0.05, 0.1) is 6.61 Å². The van der Waals surface area contributed by atoms with Gasteiger partial charge in [0.25, 0.3) is 0 Å². The second-order valence-corrected chi connectivity index (χ2v) is 3.04. The van der Waals surface area contributed by atoms with Crippen molar-refractivity contribution in [2.75, 3.05) is 20.3 Å². The zero-order valence-corrected chi connectivity index (χ0v) is 8.52. The Kier molecular flexibility index (Phi) is 7.11. The van der Waals surface area contributed by atoms with Gasteiger partial charge in [-0.15, -0.1) is 0 Å². The molecule has 0 aromatic carbocycles. The molecule has 0 saturated heterocycles. The lowest BCUT2D eigenvalue weighted by atomic mass is 10.2. The summed E-state index contributed by atoms with van der Waals surface area (Å²) in [7, 11) is 1.74. The molecule has 2 nitrogen and oxygen atoms in total. The molecular formula is C10H21NO. The van der Waals surface area contributed by atoms with Crippen LogP contribution in [0, 0.1) is 0 Å². The molecule has 1 N–H and O–H groups in total. The number of hydrogen-bond acceptors (Lipinski definition) is 2. The van der Waals surface area contributed by atoms with Gasteiger partial charge in [-0.25, -0.2) is 0 Å². The first-order chi connectivity index (χ1) is 5.74. The lowest BCUT2D eigenvalue weighted by Gasteiger charge is -2.16. The van der Waals surface area contributed by atoms with Crippen molar-refractivity contribution in [3.05, 3.63) is 12.2 Å². The predicted molar refractivity (Wildman–Crippen MR) is 53.4 cm³/mol. The minimum atomic E-state index is 0.471. The van der Waals surface area contributed by atoms with Gasteiger partial charge in [0, 0.05) is 19.7 Å². The summed E-state index contributed by atoms with van der Waals surface area (Å²) in [4.78, 5) is 0. The molecule has 1 unspecified atom stereocenters. The summed E-state index contributed by atoms with van der Waals surface area (Å²) in [5.41, 5.74) is 1.25. The SMILES string of the molecule is C=C(CC)CNC(CC)COC. The van der Waals surface area contributed by atoms with E-state index in [9.17, 15) is 0 Å². The molecule has 2 heteroatoms. The Hall–Kier alpha value is -0.340. The lowest BCUT2D eigenvalue weighted by Crippen LogP contribution is -2.33. The van der Waals surface area contributed by atoms with Crippen molar-refractivity contribution in [3.63, 3.8) is 0 Å². The number of nitrogens with one attached hydrogen (secondary N) is 1. The molecule has 0 rings (SSSR count). The van der Waals surface area contributed by atoms with Gasteiger partial charge in [-0.2, -0.15) is 0 Å². The fourth-order valence-electron chi connectivity index (χ4n) is 0.936. The van der Waals surface area contributed by atoms with E-state index in [4.69, 9.17) is 4.74 Å². The number of methoxy groups -OCH3 is 1. The first kappa shape index (κ1) is 11.7. The van der Waals surface area contributed by atoms with Gasteiger partial charge in [0.15, 0.2) is 0 Å². The molecule has 0 spiro atoms. The smallest absolute Gasteiger partial charge is 0.0615 e. The molecule has 0 bridgehead atoms. The maximum Gasteiger partial charge on any atom is 0.0615 e. The average molecular weight is 171 g/mol. The second kappa shape index (κ2) is 7.32. The maximum absolute atomic E-state index is 5.07. The second-order valence-electron chi connectivity index (χ2n) is 3.04. The van der Waals surface area contributed by atoms with Crippen molar-refractivity contribution in [1.29, 1.82) is 0 Å². The summed E-state index contributed by atoms with van der Waals surface area (Å²) in [6, 6.07) is 0.471. The van der Waals surface area contributed by atoms with E-state index in [1.54, 1.807) is 7.11 Å². The van der Waals surface area contributed by atoms with Gasteiger partial charge >= 0.3 is 0 Å². The standard InChI is InChI=1S/C10H21NO/c1-5-9(3)7-11-10(6-2)8-12-4/h10-11H,3,5-8H2,1-2,4H3. The monoisotopic (exact) mass is 171 g/mol. The Morgan fingerprint density at radius 2 is 2.17 bits per heavy atom. The van der Waals surface area contributed by atoms with Crippen LogP contribution in [-0.2, 0) is 4.74 Å². The maximum atomic E-state index is 5.07. The van der Waals surface area contributed by atoms with Crippen molar-refractivity contribution in [3.8, 4) is 0 Å². The van der Waals surface area contributed by atoms with Crippen LogP contribution in [-0.4, -0.2) is 26.3 Å². The highest BCUT2D eigenvalue weighted by Gasteiger charge is 2.03. The number of rotatable bonds is 7. The fourth-order valence-corrected chi connectivity index (χ4v) is 0.936. The van der Waals surface area contributed by atoms with Crippen LogP contribution in [0.15, 0.2) is 12.2 Å². The van der Waals surface area contributed by atoms with E-state index < -0.39 is 0 Å². The molecule has 0 heterocycles. The van der Waals surface area contributed by atoms with Gasteiger partial charge in [-0.1, -0.05) is 26.0 Å². The number of ether oxygens (including phenoxy) is 1. The largest absolute Gasteiger partial charge is 0.383 e. The third-order valence-electron chi connectivity index (χ3n) is 2.00. The summed E-state index contributed by atoms with van der Waals surface area (Å²) in [5.74, 6) is 0. The molecule has 0 fully saturated rings. The topological polar surface area (TPSA) is 21.3 Å². The lowest BCUT2D eigenvalue weighted by molar-refractivity contribution is 0.166. The van der Waals surface area contributed by atoms with Crippen LogP contribution in [0.3, 0.4) is 0 Å². The normalized spacial score (nSPS) is 12.9. The van der Waals surface area contributed by atoms with E-state index in [1.165, 1.54) is 5.57 Å². The highest BCUT2D eigenvalue weighted by molar-refractivity contribution is 4.95. The van der Waals surface area contributed by atoms with Gasteiger partial charge in [0.1, 0.15) is 0 Å². The zero-order chi connectivity index (χ0) is 9.40. The van der Waals surface area contributed by atoms with Crippen LogP contribution in [0.2, 0.25) is 0 Å². The molecule has 0 amide bonds. The summed E-state index contributed by atoms with van der Waals surface area (Å²) in [6.45, 7) is 9.92. The molecule has 12 heavy (non-hydrogen) atoms. The Balaban J connectivity index is 3.50. The average Bonchev–Trinajstić information content (AvgIpc) is 2.11. The van der Waals surface area contributed by atoms with Crippen molar-refractivity contribution < 1.29 is 4.74 Å². The van der Waals surface area contributed by atoms with Crippen molar-refractivity contribution in [2.45, 2.75) is 32.7 Å². The molecule has 0 saturated carbocycles.